The minimum atomic E-state index is -0.838. The number of carbonyl (C=O) groups is 3. The van der Waals surface area contributed by atoms with Crippen LogP contribution in [-0.2, 0) is 14.3 Å². The highest BCUT2D eigenvalue weighted by atomic mass is 16.5. The summed E-state index contributed by atoms with van der Waals surface area (Å²) in [5.41, 5.74) is -0.838. The van der Waals surface area contributed by atoms with Crippen molar-refractivity contribution in [3.8, 4) is 0 Å². The lowest BCUT2D eigenvalue weighted by atomic mass is 9.87. The first-order chi connectivity index (χ1) is 10.9. The van der Waals surface area contributed by atoms with Crippen LogP contribution in [-0.4, -0.2) is 66.0 Å². The fraction of sp³-hybridized carbons (Fsp3) is 0.812. The molecule has 0 radical (unpaired) electrons. The van der Waals surface area contributed by atoms with Crippen LogP contribution in [0.4, 0.5) is 4.79 Å². The van der Waals surface area contributed by atoms with E-state index in [9.17, 15) is 14.4 Å². The number of nitrogens with one attached hydrogen (secondary N) is 1. The van der Waals surface area contributed by atoms with Crippen LogP contribution in [0.25, 0.3) is 0 Å². The Morgan fingerprint density at radius 2 is 1.96 bits per heavy atom. The normalized spacial score (nSPS) is 21.1. The fourth-order valence-corrected chi connectivity index (χ4v) is 3.18. The molecular weight excluding hydrogens is 298 g/mol. The van der Waals surface area contributed by atoms with E-state index in [2.05, 4.69) is 24.1 Å². The number of imide groups is 1. The number of urea groups is 1. The van der Waals surface area contributed by atoms with Gasteiger partial charge in [-0.3, -0.25) is 14.5 Å². The third kappa shape index (κ3) is 4.02. The Balaban J connectivity index is 1.94. The molecule has 2 saturated heterocycles. The van der Waals surface area contributed by atoms with Crippen molar-refractivity contribution in [3.63, 3.8) is 0 Å². The number of ether oxygens (including phenoxy) is 1. The van der Waals surface area contributed by atoms with Gasteiger partial charge in [-0.05, 0) is 25.2 Å². The van der Waals surface area contributed by atoms with Gasteiger partial charge in [-0.15, -0.1) is 0 Å². The summed E-state index contributed by atoms with van der Waals surface area (Å²) in [6.07, 6.45) is 1.89. The average Bonchev–Trinajstić information content (AvgIpc) is 2.72. The van der Waals surface area contributed by atoms with Gasteiger partial charge in [0, 0.05) is 19.6 Å². The quantitative estimate of drug-likeness (QED) is 0.582. The van der Waals surface area contributed by atoms with Crippen LogP contribution in [0.2, 0.25) is 0 Å². The minimum Gasteiger partial charge on any atom is -0.464 e. The predicted molar refractivity (Wildman–Crippen MR) is 84.7 cm³/mol. The molecule has 0 aromatic heterocycles. The van der Waals surface area contributed by atoms with Gasteiger partial charge >= 0.3 is 12.0 Å². The molecule has 0 unspecified atom stereocenters. The lowest BCUT2D eigenvalue weighted by molar-refractivity contribution is -0.148. The second-order valence-electron chi connectivity index (χ2n) is 6.82. The van der Waals surface area contributed by atoms with E-state index in [1.165, 1.54) is 0 Å². The van der Waals surface area contributed by atoms with Crippen molar-refractivity contribution in [1.82, 2.24) is 15.1 Å². The topological polar surface area (TPSA) is 79.0 Å². The van der Waals surface area contributed by atoms with E-state index >= 15 is 0 Å². The maximum absolute atomic E-state index is 12.6. The molecule has 23 heavy (non-hydrogen) atoms. The second kappa shape index (κ2) is 7.29. The van der Waals surface area contributed by atoms with Crippen LogP contribution in [0.3, 0.4) is 0 Å². The molecule has 130 valence electrons. The number of nitrogens with zero attached hydrogens (tertiary/aromatic N) is 2. The third-order valence-corrected chi connectivity index (χ3v) is 4.33. The molecule has 1 spiro atoms. The van der Waals surface area contributed by atoms with Crippen LogP contribution in [0.5, 0.6) is 0 Å². The first-order valence-electron chi connectivity index (χ1n) is 8.40. The Hall–Kier alpha value is -1.63. The molecule has 0 aliphatic carbocycles. The Kier molecular flexibility index (Phi) is 5.62. The molecule has 0 saturated carbocycles. The van der Waals surface area contributed by atoms with Gasteiger partial charge in [0.25, 0.3) is 5.91 Å². The summed E-state index contributed by atoms with van der Waals surface area (Å²) < 4.78 is 4.97. The van der Waals surface area contributed by atoms with Crippen LogP contribution < -0.4 is 5.32 Å². The summed E-state index contributed by atoms with van der Waals surface area (Å²) in [4.78, 5) is 39.7. The molecule has 2 fully saturated rings. The number of amides is 3. The van der Waals surface area contributed by atoms with Gasteiger partial charge in [0.05, 0.1) is 6.61 Å². The fourth-order valence-electron chi connectivity index (χ4n) is 3.18. The average molecular weight is 325 g/mol. The van der Waals surface area contributed by atoms with Gasteiger partial charge in [-0.25, -0.2) is 4.79 Å². The van der Waals surface area contributed by atoms with Crippen molar-refractivity contribution < 1.29 is 19.1 Å². The monoisotopic (exact) mass is 325 g/mol. The third-order valence-electron chi connectivity index (χ3n) is 4.33. The zero-order valence-electron chi connectivity index (χ0n) is 14.3. The van der Waals surface area contributed by atoms with E-state index < -0.39 is 17.5 Å². The highest BCUT2D eigenvalue weighted by Gasteiger charge is 2.52. The van der Waals surface area contributed by atoms with Gasteiger partial charge in [0.2, 0.25) is 0 Å². The molecule has 7 nitrogen and oxygen atoms in total. The summed E-state index contributed by atoms with van der Waals surface area (Å²) in [5, 5.41) is 2.81. The van der Waals surface area contributed by atoms with Crippen molar-refractivity contribution in [2.24, 2.45) is 5.92 Å². The van der Waals surface area contributed by atoms with Crippen LogP contribution in [0.1, 0.15) is 40.0 Å². The van der Waals surface area contributed by atoms with E-state index in [1.54, 1.807) is 0 Å². The van der Waals surface area contributed by atoms with Gasteiger partial charge in [-0.1, -0.05) is 20.8 Å². The molecule has 0 aromatic rings. The number of hydrogen-bond acceptors (Lipinski definition) is 5. The lowest BCUT2D eigenvalue weighted by Gasteiger charge is -2.37. The van der Waals surface area contributed by atoms with Crippen molar-refractivity contribution in [2.75, 3.05) is 32.8 Å². The first-order valence-corrected chi connectivity index (χ1v) is 8.40. The zero-order chi connectivity index (χ0) is 17.0. The molecule has 0 aromatic carbocycles. The number of carbonyl (C=O) groups excluding carboxylic acids is 3. The zero-order valence-corrected chi connectivity index (χ0v) is 14.3. The molecule has 7 heteroatoms. The maximum atomic E-state index is 12.6. The standard InChI is InChI=1S/C16H27N3O4/c1-4-9-23-13(20)11-19-14(21)16(17-15(19)22)5-7-18(8-6-16)10-12(2)3/h12H,4-11H2,1-3H3,(H,17,22). The predicted octanol–water partition coefficient (Wildman–Crippen LogP) is 0.982. The Morgan fingerprint density at radius 1 is 1.30 bits per heavy atom. The SMILES string of the molecule is CCCOC(=O)CN1C(=O)NC2(CCN(CC(C)C)CC2)C1=O. The number of hydrogen-bond donors (Lipinski definition) is 1. The smallest absolute Gasteiger partial charge is 0.326 e. The van der Waals surface area contributed by atoms with Crippen LogP contribution in [0, 0.1) is 5.92 Å². The van der Waals surface area contributed by atoms with E-state index in [-0.39, 0.29) is 12.5 Å². The molecule has 2 aliphatic rings. The molecule has 3 amide bonds. The highest BCUT2D eigenvalue weighted by Crippen LogP contribution is 2.29. The van der Waals surface area contributed by atoms with Crippen LogP contribution in [0.15, 0.2) is 0 Å². The first kappa shape index (κ1) is 17.7. The molecule has 1 N–H and O–H groups in total. The Labute approximate surface area is 137 Å². The summed E-state index contributed by atoms with van der Waals surface area (Å²) in [6.45, 7) is 8.76. The summed E-state index contributed by atoms with van der Waals surface area (Å²) in [5.74, 6) is -0.257. The van der Waals surface area contributed by atoms with E-state index in [0.29, 0.717) is 31.8 Å². The number of likely N-dealkylation sites (tertiary alicyclic amines) is 1. The largest absolute Gasteiger partial charge is 0.464 e. The lowest BCUT2D eigenvalue weighted by Crippen LogP contribution is -2.55. The molecule has 2 rings (SSSR count). The van der Waals surface area contributed by atoms with Gasteiger partial charge < -0.3 is 15.0 Å². The van der Waals surface area contributed by atoms with Crippen molar-refractivity contribution in [1.29, 1.82) is 0 Å². The maximum Gasteiger partial charge on any atom is 0.326 e. The van der Waals surface area contributed by atoms with Crippen molar-refractivity contribution in [3.05, 3.63) is 0 Å². The molecule has 2 heterocycles. The van der Waals surface area contributed by atoms with E-state index in [4.69, 9.17) is 4.74 Å². The summed E-state index contributed by atoms with van der Waals surface area (Å²) in [6, 6.07) is -0.485. The van der Waals surface area contributed by atoms with Crippen molar-refractivity contribution in [2.45, 2.75) is 45.6 Å². The Morgan fingerprint density at radius 3 is 2.52 bits per heavy atom. The summed E-state index contributed by atoms with van der Waals surface area (Å²) in [7, 11) is 0. The molecular formula is C16H27N3O4. The summed E-state index contributed by atoms with van der Waals surface area (Å²) >= 11 is 0. The number of piperidine rings is 1. The molecule has 0 atom stereocenters. The number of rotatable bonds is 6. The van der Waals surface area contributed by atoms with E-state index in [1.807, 2.05) is 6.92 Å². The Bertz CT molecular complexity index is 470. The van der Waals surface area contributed by atoms with Gasteiger partial charge in [0.1, 0.15) is 12.1 Å². The van der Waals surface area contributed by atoms with E-state index in [0.717, 1.165) is 24.5 Å². The molecule has 0 bridgehead atoms. The highest BCUT2D eigenvalue weighted by molar-refractivity contribution is 6.08. The van der Waals surface area contributed by atoms with Gasteiger partial charge in [-0.2, -0.15) is 0 Å². The van der Waals surface area contributed by atoms with Crippen LogP contribution >= 0.6 is 0 Å². The minimum absolute atomic E-state index is 0.292. The molecule has 2 aliphatic heterocycles. The van der Waals surface area contributed by atoms with Crippen molar-refractivity contribution >= 4 is 17.9 Å². The van der Waals surface area contributed by atoms with Gasteiger partial charge in [0.15, 0.2) is 0 Å². The second-order valence-corrected chi connectivity index (χ2v) is 6.82. The number of esters is 1.